The predicted molar refractivity (Wildman–Crippen MR) is 176 cm³/mol. The van der Waals surface area contributed by atoms with Crippen molar-refractivity contribution in [3.05, 3.63) is 88.3 Å². The lowest BCUT2D eigenvalue weighted by molar-refractivity contribution is -0.141. The monoisotopic (exact) mass is 766 g/mol. The van der Waals surface area contributed by atoms with Gasteiger partial charge in [0.1, 0.15) is 23.0 Å². The van der Waals surface area contributed by atoms with Crippen molar-refractivity contribution in [1.82, 2.24) is 9.99 Å². The number of alkyl halides is 5. The van der Waals surface area contributed by atoms with Crippen LogP contribution in [0.5, 0.6) is 11.5 Å². The van der Waals surface area contributed by atoms with Crippen molar-refractivity contribution in [3.8, 4) is 11.5 Å². The summed E-state index contributed by atoms with van der Waals surface area (Å²) >= 11 is 20.8. The summed E-state index contributed by atoms with van der Waals surface area (Å²) in [6, 6.07) is 10.3. The number of halogens is 7. The summed E-state index contributed by atoms with van der Waals surface area (Å²) < 4.78 is 59.8. The fourth-order valence-corrected chi connectivity index (χ4v) is 8.98. The van der Waals surface area contributed by atoms with Crippen molar-refractivity contribution >= 4 is 69.9 Å². The van der Waals surface area contributed by atoms with E-state index in [1.54, 1.807) is 6.08 Å². The van der Waals surface area contributed by atoms with Gasteiger partial charge in [0.15, 0.2) is 15.6 Å². The smallest absolute Gasteiger partial charge is 0.433 e. The Balaban J connectivity index is 1.36. The highest BCUT2D eigenvalue weighted by Gasteiger charge is 2.77. The Morgan fingerprint density at radius 1 is 0.980 bits per heavy atom. The van der Waals surface area contributed by atoms with Gasteiger partial charge in [-0.25, -0.2) is 14.3 Å². The number of fused-ring (bicyclic) bond motifs is 4. The number of nitrogens with zero attached hydrogens (tertiary/aromatic N) is 4. The van der Waals surface area contributed by atoms with Gasteiger partial charge in [0.2, 0.25) is 0 Å². The number of hydrogen-bond acceptors (Lipinski definition) is 8. The van der Waals surface area contributed by atoms with Crippen LogP contribution < -0.4 is 14.6 Å². The minimum absolute atomic E-state index is 0.0289. The van der Waals surface area contributed by atoms with E-state index < -0.39 is 87.0 Å². The van der Waals surface area contributed by atoms with E-state index in [2.05, 4.69) is 4.98 Å². The number of hydrazine groups is 1. The van der Waals surface area contributed by atoms with E-state index in [0.29, 0.717) is 16.6 Å². The molecule has 2 aliphatic carbocycles. The highest BCUT2D eigenvalue weighted by Crippen LogP contribution is 2.66. The SMILES string of the molecule is COc1ccc(C2C3=CCC4C(=O)N(N(C)c5nc(C(F)(F)F)ccc5Cl)C(=O)C4C3CC3(Cl)C(=O)N(c4ccc(F)cc4)C(=O)C23Cl)c(O)c1. The first-order valence-electron chi connectivity index (χ1n) is 15.4. The molecular formula is C34H25Cl3F4N4O6. The number of benzene rings is 2. The molecule has 6 unspecified atom stereocenters. The van der Waals surface area contributed by atoms with Crippen LogP contribution in [0, 0.1) is 23.6 Å². The maximum atomic E-state index is 14.5. The topological polar surface area (TPSA) is 120 Å². The highest BCUT2D eigenvalue weighted by molar-refractivity contribution is 6.58. The van der Waals surface area contributed by atoms with Crippen molar-refractivity contribution in [3.63, 3.8) is 0 Å². The Bertz CT molecular complexity index is 2070. The molecule has 3 aromatic rings. The number of aromatic nitrogens is 1. The standard InChI is InChI=1S/C34H25Cl3F4N4O6/c1-43(27-22(35)11-12-24(42-27)34(39,40)41)45-28(47)20-10-9-18-21(25(20)29(45)48)14-32(36)30(49)44(16-5-3-15(38)4-6-16)31(50)33(32,37)26(18)19-8-7-17(51-2)13-23(19)46/h3-9,11-13,20-21,25-26,46H,10,14H2,1-2H3. The number of allylic oxidation sites excluding steroid dienone is 2. The molecule has 6 atom stereocenters. The van der Waals surface area contributed by atoms with Gasteiger partial charge in [-0.3, -0.25) is 24.2 Å². The number of hydrogen-bond donors (Lipinski definition) is 1. The minimum atomic E-state index is -4.86. The largest absolute Gasteiger partial charge is 0.508 e. The second-order valence-electron chi connectivity index (χ2n) is 12.7. The molecule has 2 saturated heterocycles. The van der Waals surface area contributed by atoms with E-state index in [9.17, 15) is 41.8 Å². The van der Waals surface area contributed by atoms with Gasteiger partial charge in [-0.1, -0.05) is 29.3 Å². The molecule has 1 aromatic heterocycles. The van der Waals surface area contributed by atoms with Gasteiger partial charge in [-0.05, 0) is 61.2 Å². The van der Waals surface area contributed by atoms with Crippen LogP contribution in [0.15, 0.2) is 66.2 Å². The van der Waals surface area contributed by atoms with Gasteiger partial charge in [0, 0.05) is 24.6 Å². The van der Waals surface area contributed by atoms with Crippen LogP contribution >= 0.6 is 34.8 Å². The zero-order valence-corrected chi connectivity index (χ0v) is 28.7. The third-order valence-electron chi connectivity index (χ3n) is 10.1. The van der Waals surface area contributed by atoms with E-state index in [-0.39, 0.29) is 34.2 Å². The normalized spacial score (nSPS) is 28.8. The Kier molecular flexibility index (Phi) is 8.12. The van der Waals surface area contributed by atoms with Crippen LogP contribution in [0.1, 0.15) is 30.0 Å². The second-order valence-corrected chi connectivity index (χ2v) is 14.3. The second kappa shape index (κ2) is 11.8. The Morgan fingerprint density at radius 2 is 1.67 bits per heavy atom. The summed E-state index contributed by atoms with van der Waals surface area (Å²) in [4.78, 5) is 56.8. The summed E-state index contributed by atoms with van der Waals surface area (Å²) in [6.07, 6.45) is -3.75. The Labute approximate surface area is 302 Å². The minimum Gasteiger partial charge on any atom is -0.508 e. The number of rotatable bonds is 5. The van der Waals surface area contributed by atoms with Gasteiger partial charge in [0.05, 0.1) is 29.7 Å². The maximum absolute atomic E-state index is 14.5. The Hall–Kier alpha value is -4.40. The molecule has 7 rings (SSSR count). The lowest BCUT2D eigenvalue weighted by Crippen LogP contribution is -2.60. The van der Waals surface area contributed by atoms with Crippen molar-refractivity contribution in [2.45, 2.75) is 34.7 Å². The number of pyridine rings is 1. The van der Waals surface area contributed by atoms with Crippen LogP contribution in [0.3, 0.4) is 0 Å². The molecule has 17 heteroatoms. The molecule has 3 heterocycles. The molecule has 0 bridgehead atoms. The third kappa shape index (κ3) is 4.93. The lowest BCUT2D eigenvalue weighted by atomic mass is 9.56. The molecule has 1 saturated carbocycles. The molecule has 2 aliphatic heterocycles. The molecule has 0 radical (unpaired) electrons. The lowest BCUT2D eigenvalue weighted by Gasteiger charge is -2.50. The van der Waals surface area contributed by atoms with Crippen LogP contribution in [0.2, 0.25) is 5.02 Å². The average molecular weight is 768 g/mol. The number of carbonyl (C=O) groups excluding carboxylic acids is 4. The van der Waals surface area contributed by atoms with E-state index in [1.165, 1.54) is 44.5 Å². The van der Waals surface area contributed by atoms with E-state index in [4.69, 9.17) is 39.5 Å². The van der Waals surface area contributed by atoms with Crippen LogP contribution in [-0.2, 0) is 25.4 Å². The maximum Gasteiger partial charge on any atom is 0.433 e. The van der Waals surface area contributed by atoms with E-state index in [0.717, 1.165) is 28.1 Å². The highest BCUT2D eigenvalue weighted by atomic mass is 35.5. The molecule has 0 spiro atoms. The third-order valence-corrected chi connectivity index (χ3v) is 11.9. The van der Waals surface area contributed by atoms with Crippen LogP contribution in [0.25, 0.3) is 0 Å². The molecule has 4 aliphatic rings. The first-order chi connectivity index (χ1) is 23.9. The van der Waals surface area contributed by atoms with Crippen molar-refractivity contribution in [1.29, 1.82) is 0 Å². The van der Waals surface area contributed by atoms with Gasteiger partial charge in [-0.15, -0.1) is 23.2 Å². The number of methoxy groups -OCH3 is 1. The first-order valence-corrected chi connectivity index (χ1v) is 16.5. The number of anilines is 2. The number of phenolic OH excluding ortho intramolecular Hbond substituents is 1. The summed E-state index contributed by atoms with van der Waals surface area (Å²) in [5, 5.41) is 12.5. The average Bonchev–Trinajstić information content (AvgIpc) is 3.42. The molecule has 4 amide bonds. The molecule has 2 aromatic carbocycles. The number of amides is 4. The number of imide groups is 2. The van der Waals surface area contributed by atoms with Gasteiger partial charge in [-0.2, -0.15) is 18.2 Å². The van der Waals surface area contributed by atoms with Crippen LogP contribution in [-0.4, -0.2) is 62.6 Å². The number of aromatic hydroxyl groups is 1. The van der Waals surface area contributed by atoms with E-state index >= 15 is 0 Å². The van der Waals surface area contributed by atoms with Crippen LogP contribution in [0.4, 0.5) is 29.1 Å². The van der Waals surface area contributed by atoms with Gasteiger partial charge in [0.25, 0.3) is 23.6 Å². The first kappa shape index (κ1) is 35.0. The Morgan fingerprint density at radius 3 is 2.29 bits per heavy atom. The van der Waals surface area contributed by atoms with Crippen molar-refractivity contribution < 1.29 is 46.6 Å². The van der Waals surface area contributed by atoms with E-state index in [1.807, 2.05) is 0 Å². The van der Waals surface area contributed by atoms with Gasteiger partial charge >= 0.3 is 6.18 Å². The summed E-state index contributed by atoms with van der Waals surface area (Å²) in [7, 11) is 2.54. The molecular weight excluding hydrogens is 743 g/mol. The number of ether oxygens (including phenoxy) is 1. The molecule has 10 nitrogen and oxygen atoms in total. The zero-order chi connectivity index (χ0) is 36.9. The molecule has 266 valence electrons. The number of carbonyl (C=O) groups is 4. The fourth-order valence-electron chi connectivity index (χ4n) is 7.83. The summed E-state index contributed by atoms with van der Waals surface area (Å²) in [6.45, 7) is 0. The molecule has 1 N–H and O–H groups in total. The fraction of sp³-hybridized carbons (Fsp3) is 0.324. The van der Waals surface area contributed by atoms with Crippen molar-refractivity contribution in [2.75, 3.05) is 24.1 Å². The zero-order valence-electron chi connectivity index (χ0n) is 26.4. The quantitative estimate of drug-likeness (QED) is 0.141. The number of phenols is 1. The summed E-state index contributed by atoms with van der Waals surface area (Å²) in [5.41, 5.74) is -0.927. The van der Waals surface area contributed by atoms with Gasteiger partial charge < -0.3 is 9.84 Å². The van der Waals surface area contributed by atoms with Crippen molar-refractivity contribution in [2.24, 2.45) is 17.8 Å². The molecule has 3 fully saturated rings. The molecule has 51 heavy (non-hydrogen) atoms. The summed E-state index contributed by atoms with van der Waals surface area (Å²) in [5.74, 6) is -9.49. The predicted octanol–water partition coefficient (Wildman–Crippen LogP) is 6.22.